The molecule has 1 aromatic rings. The summed E-state index contributed by atoms with van der Waals surface area (Å²) >= 11 is 5.59. The normalized spacial score (nSPS) is 17.4. The minimum absolute atomic E-state index is 0.0310. The lowest BCUT2D eigenvalue weighted by Crippen LogP contribution is -2.38. The number of anilines is 1. The molecule has 1 aromatic heterocycles. The number of alkyl halides is 1. The van der Waals surface area contributed by atoms with Crippen molar-refractivity contribution in [2.45, 2.75) is 19.3 Å². The first-order valence-electron chi connectivity index (χ1n) is 5.63. The third-order valence-corrected chi connectivity index (χ3v) is 3.12. The molecule has 0 aliphatic carbocycles. The number of piperidine rings is 1. The molecule has 0 radical (unpaired) electrons. The summed E-state index contributed by atoms with van der Waals surface area (Å²) < 4.78 is 5.46. The molecule has 0 atom stereocenters. The summed E-state index contributed by atoms with van der Waals surface area (Å²) in [6, 6.07) is 0.507. The van der Waals surface area contributed by atoms with Gasteiger partial charge < -0.3 is 15.1 Å². The maximum Gasteiger partial charge on any atom is 0.318 e. The summed E-state index contributed by atoms with van der Waals surface area (Å²) in [6.07, 6.45) is 2.05. The van der Waals surface area contributed by atoms with Gasteiger partial charge in [0.05, 0.1) is 0 Å². The number of hydrogen-bond acceptors (Lipinski definition) is 5. The molecule has 2 heterocycles. The lowest BCUT2D eigenvalue weighted by atomic mass is 9.97. The highest BCUT2D eigenvalue weighted by Gasteiger charge is 2.25. The van der Waals surface area contributed by atoms with E-state index in [1.165, 1.54) is 0 Å². The van der Waals surface area contributed by atoms with Crippen LogP contribution in [0.5, 0.6) is 0 Å². The molecule has 7 heteroatoms. The summed E-state index contributed by atoms with van der Waals surface area (Å²) in [5.74, 6) is 0.757. The summed E-state index contributed by atoms with van der Waals surface area (Å²) in [4.78, 5) is 13.0. The van der Waals surface area contributed by atoms with Gasteiger partial charge in [-0.25, -0.2) is 0 Å². The second-order valence-electron chi connectivity index (χ2n) is 4.08. The average molecular weight is 259 g/mol. The zero-order valence-corrected chi connectivity index (χ0v) is 10.2. The second-order valence-corrected chi connectivity index (χ2v) is 4.46. The molecular weight excluding hydrogens is 244 g/mol. The molecule has 2 N–H and O–H groups in total. The molecular formula is C10H15ClN4O2. The quantitative estimate of drug-likeness (QED) is 0.798. The van der Waals surface area contributed by atoms with Crippen LogP contribution in [-0.4, -0.2) is 35.1 Å². The van der Waals surface area contributed by atoms with Gasteiger partial charge >= 0.3 is 6.01 Å². The Bertz CT molecular complexity index is 387. The van der Waals surface area contributed by atoms with Crippen LogP contribution >= 0.6 is 11.6 Å². The van der Waals surface area contributed by atoms with E-state index in [4.69, 9.17) is 21.8 Å². The molecule has 1 amide bonds. The summed E-state index contributed by atoms with van der Waals surface area (Å²) in [6.45, 7) is 1.44. The molecule has 2 rings (SSSR count). The van der Waals surface area contributed by atoms with Crippen LogP contribution in [0.2, 0.25) is 0 Å². The van der Waals surface area contributed by atoms with Crippen molar-refractivity contribution in [2.75, 3.05) is 23.9 Å². The predicted molar refractivity (Wildman–Crippen MR) is 62.9 cm³/mol. The van der Waals surface area contributed by atoms with E-state index in [1.54, 1.807) is 0 Å². The minimum atomic E-state index is -0.224. The first kappa shape index (κ1) is 12.2. The first-order valence-corrected chi connectivity index (χ1v) is 6.16. The summed E-state index contributed by atoms with van der Waals surface area (Å²) in [7, 11) is 0. The molecule has 6 nitrogen and oxygen atoms in total. The molecule has 0 bridgehead atoms. The van der Waals surface area contributed by atoms with Crippen LogP contribution in [0.1, 0.15) is 18.7 Å². The summed E-state index contributed by atoms with van der Waals surface area (Å²) in [5.41, 5.74) is 5.27. The van der Waals surface area contributed by atoms with Gasteiger partial charge in [-0.3, -0.25) is 4.79 Å². The third kappa shape index (κ3) is 2.88. The lowest BCUT2D eigenvalue weighted by molar-refractivity contribution is -0.122. The predicted octanol–water partition coefficient (Wildman–Crippen LogP) is 0.553. The number of aryl methyl sites for hydroxylation is 1. The van der Waals surface area contributed by atoms with E-state index in [2.05, 4.69) is 10.2 Å². The van der Waals surface area contributed by atoms with Crippen LogP contribution in [-0.2, 0) is 11.2 Å². The third-order valence-electron chi connectivity index (χ3n) is 2.93. The van der Waals surface area contributed by atoms with Gasteiger partial charge in [-0.1, -0.05) is 5.10 Å². The molecule has 1 aliphatic heterocycles. The van der Waals surface area contributed by atoms with Crippen molar-refractivity contribution >= 4 is 23.5 Å². The molecule has 0 saturated carbocycles. The van der Waals surface area contributed by atoms with Crippen molar-refractivity contribution in [3.63, 3.8) is 0 Å². The average Bonchev–Trinajstić information content (AvgIpc) is 2.78. The summed E-state index contributed by atoms with van der Waals surface area (Å²) in [5, 5.41) is 7.86. The van der Waals surface area contributed by atoms with Crippen molar-refractivity contribution in [3.05, 3.63) is 5.89 Å². The minimum Gasteiger partial charge on any atom is -0.408 e. The molecule has 0 spiro atoms. The van der Waals surface area contributed by atoms with Crippen LogP contribution in [0.4, 0.5) is 6.01 Å². The van der Waals surface area contributed by atoms with E-state index in [-0.39, 0.29) is 11.8 Å². The van der Waals surface area contributed by atoms with Gasteiger partial charge in [0.1, 0.15) is 0 Å². The number of nitrogens with zero attached hydrogens (tertiary/aromatic N) is 3. The molecule has 0 aromatic carbocycles. The van der Waals surface area contributed by atoms with Gasteiger partial charge in [0.15, 0.2) is 0 Å². The van der Waals surface area contributed by atoms with E-state index in [0.29, 0.717) is 24.2 Å². The van der Waals surface area contributed by atoms with E-state index >= 15 is 0 Å². The Hall–Kier alpha value is -1.30. The molecule has 1 saturated heterocycles. The van der Waals surface area contributed by atoms with Gasteiger partial charge in [-0.05, 0) is 12.8 Å². The standard InChI is InChI=1S/C10H15ClN4O2/c11-4-1-8-13-14-10(17-8)15-5-2-7(3-6-15)9(12)16/h7H,1-6H2,(H2,12,16). The molecule has 94 valence electrons. The van der Waals surface area contributed by atoms with Crippen molar-refractivity contribution in [2.24, 2.45) is 11.7 Å². The highest BCUT2D eigenvalue weighted by atomic mass is 35.5. The Morgan fingerprint density at radius 2 is 2.18 bits per heavy atom. The largest absolute Gasteiger partial charge is 0.408 e. The SMILES string of the molecule is NC(=O)C1CCN(c2nnc(CCCl)o2)CC1. The lowest BCUT2D eigenvalue weighted by Gasteiger charge is -2.28. The van der Waals surface area contributed by atoms with Crippen molar-refractivity contribution in [3.8, 4) is 0 Å². The maximum absolute atomic E-state index is 11.0. The van der Waals surface area contributed by atoms with Crippen LogP contribution in [0.15, 0.2) is 4.42 Å². The number of hydrogen-bond donors (Lipinski definition) is 1. The monoisotopic (exact) mass is 258 g/mol. The Labute approximate surface area is 104 Å². The smallest absolute Gasteiger partial charge is 0.318 e. The van der Waals surface area contributed by atoms with Crippen molar-refractivity contribution < 1.29 is 9.21 Å². The number of carbonyl (C=O) groups is 1. The van der Waals surface area contributed by atoms with Gasteiger partial charge in [-0.2, -0.15) is 0 Å². The molecule has 1 aliphatic rings. The fraction of sp³-hybridized carbons (Fsp3) is 0.700. The molecule has 17 heavy (non-hydrogen) atoms. The van der Waals surface area contributed by atoms with E-state index in [9.17, 15) is 4.79 Å². The topological polar surface area (TPSA) is 85.3 Å². The number of amides is 1. The fourth-order valence-electron chi connectivity index (χ4n) is 1.91. The zero-order valence-electron chi connectivity index (χ0n) is 9.43. The van der Waals surface area contributed by atoms with Gasteiger partial charge in [0, 0.05) is 31.3 Å². The number of rotatable bonds is 4. The van der Waals surface area contributed by atoms with Gasteiger partial charge in [-0.15, -0.1) is 16.7 Å². The van der Waals surface area contributed by atoms with E-state index < -0.39 is 0 Å². The number of carbonyl (C=O) groups excluding carboxylic acids is 1. The number of nitrogens with two attached hydrogens (primary N) is 1. The zero-order chi connectivity index (χ0) is 12.3. The van der Waals surface area contributed by atoms with Gasteiger partial charge in [0.25, 0.3) is 0 Å². The van der Waals surface area contributed by atoms with E-state index in [1.807, 2.05) is 4.90 Å². The van der Waals surface area contributed by atoms with Crippen LogP contribution in [0.3, 0.4) is 0 Å². The van der Waals surface area contributed by atoms with Crippen molar-refractivity contribution in [1.29, 1.82) is 0 Å². The Morgan fingerprint density at radius 1 is 1.47 bits per heavy atom. The van der Waals surface area contributed by atoms with E-state index in [0.717, 1.165) is 25.9 Å². The van der Waals surface area contributed by atoms with Crippen molar-refractivity contribution in [1.82, 2.24) is 10.2 Å². The number of primary amides is 1. The first-order chi connectivity index (χ1) is 8.20. The maximum atomic E-state index is 11.0. The Kier molecular flexibility index (Phi) is 3.83. The highest BCUT2D eigenvalue weighted by molar-refractivity contribution is 6.17. The van der Waals surface area contributed by atoms with Crippen LogP contribution in [0, 0.1) is 5.92 Å². The molecule has 0 unspecified atom stereocenters. The number of halogens is 1. The second kappa shape index (κ2) is 5.35. The Balaban J connectivity index is 1.93. The van der Waals surface area contributed by atoms with Gasteiger partial charge in [0.2, 0.25) is 11.8 Å². The Morgan fingerprint density at radius 3 is 2.76 bits per heavy atom. The number of aromatic nitrogens is 2. The highest BCUT2D eigenvalue weighted by Crippen LogP contribution is 2.22. The molecule has 1 fully saturated rings. The fourth-order valence-corrected chi connectivity index (χ4v) is 2.07. The van der Waals surface area contributed by atoms with Crippen LogP contribution in [0.25, 0.3) is 0 Å². The van der Waals surface area contributed by atoms with Crippen LogP contribution < -0.4 is 10.6 Å².